The number of carbonyl (C=O) groups is 1. The summed E-state index contributed by atoms with van der Waals surface area (Å²) >= 11 is 0. The van der Waals surface area contributed by atoms with Crippen molar-refractivity contribution in [1.82, 2.24) is 5.32 Å². The number of nitrogens with one attached hydrogen (secondary N) is 1. The van der Waals surface area contributed by atoms with Crippen LogP contribution in [0.4, 0.5) is 0 Å². The lowest BCUT2D eigenvalue weighted by Gasteiger charge is -2.16. The van der Waals surface area contributed by atoms with E-state index in [1.54, 1.807) is 14.2 Å². The van der Waals surface area contributed by atoms with Crippen molar-refractivity contribution in [2.24, 2.45) is 0 Å². The van der Waals surface area contributed by atoms with Gasteiger partial charge in [0.1, 0.15) is 0 Å². The van der Waals surface area contributed by atoms with Crippen molar-refractivity contribution in [1.29, 1.82) is 0 Å². The van der Waals surface area contributed by atoms with Crippen LogP contribution in [0, 0.1) is 0 Å². The first-order chi connectivity index (χ1) is 11.4. The number of carbonyl (C=O) groups excluding carboxylic acids is 1. The van der Waals surface area contributed by atoms with Gasteiger partial charge in [0, 0.05) is 12.5 Å². The topological polar surface area (TPSA) is 81.7 Å². The van der Waals surface area contributed by atoms with E-state index in [0.717, 1.165) is 18.4 Å². The average Bonchev–Trinajstić information content (AvgIpc) is 3.08. The van der Waals surface area contributed by atoms with Gasteiger partial charge < -0.3 is 14.8 Å². The highest BCUT2D eigenvalue weighted by Crippen LogP contribution is 2.41. The summed E-state index contributed by atoms with van der Waals surface area (Å²) in [6.07, 6.45) is 2.70. The number of fused-ring (bicyclic) bond motifs is 1. The molecule has 0 spiro atoms. The third-order valence-electron chi connectivity index (χ3n) is 4.88. The minimum absolute atomic E-state index is 0.0605. The van der Waals surface area contributed by atoms with Crippen LogP contribution in [-0.4, -0.2) is 46.1 Å². The van der Waals surface area contributed by atoms with Gasteiger partial charge in [0.2, 0.25) is 5.91 Å². The molecule has 3 rings (SSSR count). The molecule has 1 N–H and O–H groups in total. The van der Waals surface area contributed by atoms with Gasteiger partial charge in [-0.3, -0.25) is 4.79 Å². The zero-order chi connectivity index (χ0) is 17.3. The Morgan fingerprint density at radius 1 is 1.21 bits per heavy atom. The summed E-state index contributed by atoms with van der Waals surface area (Å²) in [6, 6.07) is 3.70. The molecule has 132 valence electrons. The summed E-state index contributed by atoms with van der Waals surface area (Å²) in [5.41, 5.74) is 2.32. The number of hydrogen-bond donors (Lipinski definition) is 1. The van der Waals surface area contributed by atoms with E-state index in [4.69, 9.17) is 9.47 Å². The molecule has 1 aliphatic heterocycles. The number of aryl methyl sites for hydroxylation is 1. The number of ether oxygens (including phenoxy) is 2. The Balaban J connectivity index is 1.67. The van der Waals surface area contributed by atoms with Crippen molar-refractivity contribution < 1.29 is 22.7 Å². The molecule has 1 aromatic rings. The molecule has 24 heavy (non-hydrogen) atoms. The van der Waals surface area contributed by atoms with Gasteiger partial charge in [-0.2, -0.15) is 0 Å². The summed E-state index contributed by atoms with van der Waals surface area (Å²) in [4.78, 5) is 12.3. The number of methoxy groups -OCH3 is 2. The van der Waals surface area contributed by atoms with E-state index in [0.29, 0.717) is 24.3 Å². The fraction of sp³-hybridized carbons (Fsp3) is 0.588. The molecule has 2 unspecified atom stereocenters. The Bertz CT molecular complexity index is 744. The lowest BCUT2D eigenvalue weighted by molar-refractivity contribution is -0.122. The molecule has 1 fully saturated rings. The van der Waals surface area contributed by atoms with Crippen LogP contribution in [0.15, 0.2) is 12.1 Å². The first-order valence-corrected chi connectivity index (χ1v) is 9.98. The molecule has 0 saturated carbocycles. The van der Waals surface area contributed by atoms with E-state index >= 15 is 0 Å². The van der Waals surface area contributed by atoms with Crippen molar-refractivity contribution >= 4 is 15.7 Å². The molecular weight excluding hydrogens is 330 g/mol. The van der Waals surface area contributed by atoms with Crippen molar-refractivity contribution in [2.75, 3.05) is 25.7 Å². The summed E-state index contributed by atoms with van der Waals surface area (Å²) in [7, 11) is 0.231. The summed E-state index contributed by atoms with van der Waals surface area (Å²) in [5, 5.41) is 2.87. The predicted octanol–water partition coefficient (Wildman–Crippen LogP) is 1.43. The Morgan fingerprint density at radius 3 is 2.54 bits per heavy atom. The highest BCUT2D eigenvalue weighted by Gasteiger charge is 2.31. The molecule has 0 aromatic heterocycles. The maximum absolute atomic E-state index is 12.3. The van der Waals surface area contributed by atoms with Gasteiger partial charge in [0.15, 0.2) is 21.3 Å². The smallest absolute Gasteiger partial charge is 0.220 e. The fourth-order valence-corrected chi connectivity index (χ4v) is 5.32. The zero-order valence-corrected chi connectivity index (χ0v) is 14.8. The fourth-order valence-electron chi connectivity index (χ4n) is 3.65. The third kappa shape index (κ3) is 3.50. The normalized spacial score (nSPS) is 24.4. The number of sulfone groups is 1. The van der Waals surface area contributed by atoms with Crippen molar-refractivity contribution in [3.05, 3.63) is 23.3 Å². The molecule has 1 saturated heterocycles. The quantitative estimate of drug-likeness (QED) is 0.866. The van der Waals surface area contributed by atoms with E-state index < -0.39 is 9.84 Å². The molecule has 1 amide bonds. The molecule has 1 aliphatic carbocycles. The molecule has 2 aliphatic rings. The Hall–Kier alpha value is -1.76. The molecule has 2 atom stereocenters. The van der Waals surface area contributed by atoms with Gasteiger partial charge in [-0.25, -0.2) is 8.42 Å². The van der Waals surface area contributed by atoms with Gasteiger partial charge >= 0.3 is 0 Å². The van der Waals surface area contributed by atoms with E-state index in [-0.39, 0.29) is 29.4 Å². The third-order valence-corrected chi connectivity index (χ3v) is 6.64. The minimum atomic E-state index is -2.98. The second-order valence-corrected chi connectivity index (χ2v) is 8.74. The van der Waals surface area contributed by atoms with Crippen LogP contribution < -0.4 is 14.8 Å². The largest absolute Gasteiger partial charge is 0.493 e. The van der Waals surface area contributed by atoms with Gasteiger partial charge in [0.05, 0.1) is 25.7 Å². The van der Waals surface area contributed by atoms with Crippen LogP contribution in [-0.2, 0) is 21.1 Å². The number of benzene rings is 1. The van der Waals surface area contributed by atoms with Crippen LogP contribution in [0.5, 0.6) is 11.5 Å². The number of rotatable bonds is 5. The Kier molecular flexibility index (Phi) is 4.71. The molecule has 0 bridgehead atoms. The summed E-state index contributed by atoms with van der Waals surface area (Å²) < 4.78 is 33.6. The molecule has 1 heterocycles. The zero-order valence-electron chi connectivity index (χ0n) is 14.0. The van der Waals surface area contributed by atoms with Gasteiger partial charge in [-0.15, -0.1) is 0 Å². The van der Waals surface area contributed by atoms with Crippen molar-refractivity contribution in [2.45, 2.75) is 37.6 Å². The molecule has 7 heteroatoms. The predicted molar refractivity (Wildman–Crippen MR) is 90.4 cm³/mol. The molecular formula is C17H23NO5S. The highest BCUT2D eigenvalue weighted by atomic mass is 32.2. The minimum Gasteiger partial charge on any atom is -0.493 e. The lowest BCUT2D eigenvalue weighted by Crippen LogP contribution is -2.36. The Labute approximate surface area is 142 Å². The van der Waals surface area contributed by atoms with Gasteiger partial charge in [-0.05, 0) is 48.4 Å². The van der Waals surface area contributed by atoms with Gasteiger partial charge in [-0.1, -0.05) is 0 Å². The monoisotopic (exact) mass is 353 g/mol. The highest BCUT2D eigenvalue weighted by molar-refractivity contribution is 7.91. The molecule has 1 aromatic carbocycles. The van der Waals surface area contributed by atoms with Crippen LogP contribution in [0.1, 0.15) is 36.3 Å². The maximum atomic E-state index is 12.3. The summed E-state index contributed by atoms with van der Waals surface area (Å²) in [5.74, 6) is 1.66. The van der Waals surface area contributed by atoms with E-state index in [9.17, 15) is 13.2 Å². The van der Waals surface area contributed by atoms with Crippen LogP contribution >= 0.6 is 0 Å². The second kappa shape index (κ2) is 6.63. The molecule has 0 radical (unpaired) electrons. The SMILES string of the molecule is COc1cc2c(cc1OC)C(CC(=O)NC1CCS(=O)(=O)C1)CC2. The van der Waals surface area contributed by atoms with E-state index in [1.165, 1.54) is 5.56 Å². The lowest BCUT2D eigenvalue weighted by atomic mass is 9.96. The summed E-state index contributed by atoms with van der Waals surface area (Å²) in [6.45, 7) is 0. The van der Waals surface area contributed by atoms with Crippen molar-refractivity contribution in [3.8, 4) is 11.5 Å². The second-order valence-electron chi connectivity index (χ2n) is 6.51. The average molecular weight is 353 g/mol. The maximum Gasteiger partial charge on any atom is 0.220 e. The standard InChI is InChI=1S/C17H23NO5S/c1-22-15-7-11-3-4-12(14(11)9-16(15)23-2)8-17(19)18-13-5-6-24(20,21)10-13/h7,9,12-13H,3-6,8,10H2,1-2H3,(H,18,19). The number of hydrogen-bond acceptors (Lipinski definition) is 5. The van der Waals surface area contributed by atoms with E-state index in [1.807, 2.05) is 12.1 Å². The van der Waals surface area contributed by atoms with Crippen LogP contribution in [0.3, 0.4) is 0 Å². The van der Waals surface area contributed by atoms with Crippen LogP contribution in [0.2, 0.25) is 0 Å². The Morgan fingerprint density at radius 2 is 1.92 bits per heavy atom. The molecule has 6 nitrogen and oxygen atoms in total. The van der Waals surface area contributed by atoms with E-state index in [2.05, 4.69) is 5.32 Å². The first-order valence-electron chi connectivity index (χ1n) is 8.16. The van der Waals surface area contributed by atoms with Crippen molar-refractivity contribution in [3.63, 3.8) is 0 Å². The van der Waals surface area contributed by atoms with Gasteiger partial charge in [0.25, 0.3) is 0 Å². The first kappa shape index (κ1) is 17.1. The van der Waals surface area contributed by atoms with Crippen LogP contribution in [0.25, 0.3) is 0 Å². The number of amides is 1.